The van der Waals surface area contributed by atoms with Gasteiger partial charge in [0.2, 0.25) is 0 Å². The van der Waals surface area contributed by atoms with Gasteiger partial charge < -0.3 is 23.4 Å². The van der Waals surface area contributed by atoms with Crippen molar-refractivity contribution in [3.63, 3.8) is 0 Å². The summed E-state index contributed by atoms with van der Waals surface area (Å²) in [6.45, 7) is 1.41. The van der Waals surface area contributed by atoms with Crippen LogP contribution >= 0.6 is 0 Å². The van der Waals surface area contributed by atoms with Gasteiger partial charge >= 0.3 is 23.9 Å². The number of nitrogens with zero attached hydrogens (tertiary/aromatic N) is 1. The molecule has 0 rings (SSSR count). The minimum atomic E-state index is -0.760. The molecular formula is C16H26NO8+. The fourth-order valence-corrected chi connectivity index (χ4v) is 1.78. The number of hydrogen-bond donors (Lipinski definition) is 0. The van der Waals surface area contributed by atoms with E-state index < -0.39 is 30.0 Å². The number of hydrogen-bond acceptors (Lipinski definition) is 8. The monoisotopic (exact) mass is 360 g/mol. The number of carbonyl (C=O) groups is 4. The van der Waals surface area contributed by atoms with Gasteiger partial charge in [0, 0.05) is 19.1 Å². The average Bonchev–Trinajstić information content (AvgIpc) is 2.46. The first kappa shape index (κ1) is 22.6. The van der Waals surface area contributed by atoms with E-state index in [0.29, 0.717) is 11.0 Å². The molecule has 0 spiro atoms. The number of methoxy groups -OCH3 is 1. The molecule has 142 valence electrons. The van der Waals surface area contributed by atoms with E-state index in [-0.39, 0.29) is 19.6 Å². The van der Waals surface area contributed by atoms with Crippen LogP contribution < -0.4 is 0 Å². The number of esters is 4. The van der Waals surface area contributed by atoms with E-state index in [1.54, 1.807) is 0 Å². The van der Waals surface area contributed by atoms with E-state index in [2.05, 4.69) is 4.74 Å². The Labute approximate surface area is 147 Å². The Morgan fingerprint density at radius 2 is 1.52 bits per heavy atom. The molecule has 0 aliphatic carbocycles. The van der Waals surface area contributed by atoms with Gasteiger partial charge in [-0.1, -0.05) is 0 Å². The van der Waals surface area contributed by atoms with Crippen LogP contribution in [0.15, 0.2) is 12.2 Å². The second-order valence-corrected chi connectivity index (χ2v) is 6.15. The smallest absolute Gasteiger partial charge is 0.331 e. The summed E-state index contributed by atoms with van der Waals surface area (Å²) >= 11 is 0. The Bertz CT molecular complexity index is 507. The molecule has 0 radical (unpaired) electrons. The number of ether oxygens (including phenoxy) is 4. The number of rotatable bonds is 10. The van der Waals surface area contributed by atoms with Gasteiger partial charge in [0.1, 0.15) is 19.8 Å². The molecule has 0 aromatic heterocycles. The third kappa shape index (κ3) is 13.7. The van der Waals surface area contributed by atoms with Crippen molar-refractivity contribution in [3.05, 3.63) is 12.2 Å². The van der Waals surface area contributed by atoms with Crippen LogP contribution in [0.25, 0.3) is 0 Å². The summed E-state index contributed by atoms with van der Waals surface area (Å²) in [6.07, 6.45) is 1.13. The highest BCUT2D eigenvalue weighted by molar-refractivity contribution is 5.91. The van der Waals surface area contributed by atoms with Crippen LogP contribution in [0.2, 0.25) is 0 Å². The van der Waals surface area contributed by atoms with Crippen molar-refractivity contribution in [3.8, 4) is 0 Å². The van der Waals surface area contributed by atoms with Crippen LogP contribution in [0.1, 0.15) is 13.3 Å². The molecule has 0 aliphatic rings. The molecule has 0 unspecified atom stereocenters. The first-order valence-electron chi connectivity index (χ1n) is 7.59. The normalized spacial score (nSPS) is 12.4. The van der Waals surface area contributed by atoms with E-state index in [0.717, 1.165) is 12.2 Å². The van der Waals surface area contributed by atoms with Gasteiger partial charge in [-0.05, 0) is 0 Å². The van der Waals surface area contributed by atoms with Crippen molar-refractivity contribution in [1.29, 1.82) is 0 Å². The molecule has 0 aromatic carbocycles. The molecule has 0 aromatic rings. The lowest BCUT2D eigenvalue weighted by atomic mass is 10.2. The van der Waals surface area contributed by atoms with Crippen LogP contribution in [0, 0.1) is 0 Å². The maximum Gasteiger partial charge on any atom is 0.331 e. The van der Waals surface area contributed by atoms with E-state index >= 15 is 0 Å². The number of carbonyl (C=O) groups excluding carboxylic acids is 4. The standard InChI is InChI=1S/C16H26NO8/c1-12(18)25-13(11-17(2,3)4)10-16(21)24-9-8-23-15(20)7-6-14(19)22-5/h6-7,13H,8-11H2,1-5H3/q+1/b7-6+/t13-/m1/s1. The molecule has 0 bridgehead atoms. The fourth-order valence-electron chi connectivity index (χ4n) is 1.78. The summed E-state index contributed by atoms with van der Waals surface area (Å²) in [5.74, 6) is -2.49. The van der Waals surface area contributed by atoms with Gasteiger partial charge in [0.15, 0.2) is 6.10 Å². The van der Waals surface area contributed by atoms with Crippen LogP contribution in [0.4, 0.5) is 0 Å². The molecule has 0 saturated heterocycles. The second-order valence-electron chi connectivity index (χ2n) is 6.15. The molecule has 0 amide bonds. The lowest BCUT2D eigenvalue weighted by molar-refractivity contribution is -0.873. The minimum Gasteiger partial charge on any atom is -0.466 e. The highest BCUT2D eigenvalue weighted by atomic mass is 16.6. The summed E-state index contributed by atoms with van der Waals surface area (Å²) in [6, 6.07) is 0. The minimum absolute atomic E-state index is 0.0920. The summed E-state index contributed by atoms with van der Waals surface area (Å²) in [5.41, 5.74) is 0. The Kier molecular flexibility index (Phi) is 10.1. The van der Waals surface area contributed by atoms with Gasteiger partial charge in [0.05, 0.1) is 34.7 Å². The number of likely N-dealkylation sites (N-methyl/N-ethyl adjacent to an activating group) is 1. The third-order valence-corrected chi connectivity index (χ3v) is 2.63. The number of quaternary nitrogens is 1. The molecule has 0 heterocycles. The van der Waals surface area contributed by atoms with Gasteiger partial charge in [-0.25, -0.2) is 9.59 Å². The SMILES string of the molecule is COC(=O)/C=C/C(=O)OCCOC(=O)C[C@H](C[N+](C)(C)C)OC(C)=O. The van der Waals surface area contributed by atoms with Crippen molar-refractivity contribution >= 4 is 23.9 Å². The summed E-state index contributed by atoms with van der Waals surface area (Å²) in [5, 5.41) is 0. The van der Waals surface area contributed by atoms with E-state index in [4.69, 9.17) is 14.2 Å². The average molecular weight is 360 g/mol. The summed E-state index contributed by atoms with van der Waals surface area (Å²) in [7, 11) is 6.90. The fraction of sp³-hybridized carbons (Fsp3) is 0.625. The maximum atomic E-state index is 11.8. The maximum absolute atomic E-state index is 11.8. The molecule has 25 heavy (non-hydrogen) atoms. The third-order valence-electron chi connectivity index (χ3n) is 2.63. The topological polar surface area (TPSA) is 105 Å². The molecule has 9 heteroatoms. The van der Waals surface area contributed by atoms with Crippen LogP contribution in [0.3, 0.4) is 0 Å². The molecule has 0 aliphatic heterocycles. The van der Waals surface area contributed by atoms with Crippen molar-refractivity contribution in [2.75, 3.05) is 48.0 Å². The van der Waals surface area contributed by atoms with E-state index in [1.165, 1.54) is 14.0 Å². The highest BCUT2D eigenvalue weighted by Crippen LogP contribution is 2.06. The first-order valence-corrected chi connectivity index (χ1v) is 7.59. The van der Waals surface area contributed by atoms with Crippen LogP contribution in [-0.4, -0.2) is 82.5 Å². The van der Waals surface area contributed by atoms with Crippen molar-refractivity contribution in [1.82, 2.24) is 0 Å². The Balaban J connectivity index is 4.18. The van der Waals surface area contributed by atoms with Crippen LogP contribution in [0.5, 0.6) is 0 Å². The predicted octanol–water partition coefficient (Wildman–Crippen LogP) is -0.170. The Morgan fingerprint density at radius 1 is 0.960 bits per heavy atom. The zero-order valence-corrected chi connectivity index (χ0v) is 15.3. The zero-order valence-electron chi connectivity index (χ0n) is 15.3. The zero-order chi connectivity index (χ0) is 19.5. The van der Waals surface area contributed by atoms with Crippen molar-refractivity contribution in [2.45, 2.75) is 19.4 Å². The Hall–Kier alpha value is -2.42. The van der Waals surface area contributed by atoms with Gasteiger partial charge in [-0.15, -0.1) is 0 Å². The van der Waals surface area contributed by atoms with Gasteiger partial charge in [0.25, 0.3) is 0 Å². The van der Waals surface area contributed by atoms with Crippen LogP contribution in [-0.2, 0) is 38.1 Å². The van der Waals surface area contributed by atoms with Crippen molar-refractivity contribution in [2.24, 2.45) is 0 Å². The van der Waals surface area contributed by atoms with E-state index in [1.807, 2.05) is 21.1 Å². The largest absolute Gasteiger partial charge is 0.466 e. The van der Waals surface area contributed by atoms with Gasteiger partial charge in [-0.3, -0.25) is 9.59 Å². The lowest BCUT2D eigenvalue weighted by Crippen LogP contribution is -2.43. The quantitative estimate of drug-likeness (QED) is 0.174. The summed E-state index contributed by atoms with van der Waals surface area (Å²) < 4.78 is 19.6. The summed E-state index contributed by atoms with van der Waals surface area (Å²) in [4.78, 5) is 44.9. The highest BCUT2D eigenvalue weighted by Gasteiger charge is 2.24. The molecule has 0 fully saturated rings. The van der Waals surface area contributed by atoms with E-state index in [9.17, 15) is 19.2 Å². The Morgan fingerprint density at radius 3 is 2.04 bits per heavy atom. The predicted molar refractivity (Wildman–Crippen MR) is 86.1 cm³/mol. The van der Waals surface area contributed by atoms with Crippen molar-refractivity contribution < 1.29 is 42.6 Å². The molecule has 9 nitrogen and oxygen atoms in total. The second kappa shape index (κ2) is 11.2. The molecular weight excluding hydrogens is 334 g/mol. The van der Waals surface area contributed by atoms with Gasteiger partial charge in [-0.2, -0.15) is 0 Å². The molecule has 1 atom stereocenters. The molecule has 0 N–H and O–H groups in total. The first-order chi connectivity index (χ1) is 11.5. The molecule has 0 saturated carbocycles. The lowest BCUT2D eigenvalue weighted by Gasteiger charge is -2.28.